The monoisotopic (exact) mass is 419 g/mol. The van der Waals surface area contributed by atoms with Crippen LogP contribution in [0.25, 0.3) is 11.4 Å². The van der Waals surface area contributed by atoms with Crippen LogP contribution in [-0.2, 0) is 11.2 Å². The highest BCUT2D eigenvalue weighted by Crippen LogP contribution is 2.33. The minimum Gasteiger partial charge on any atom is -0.508 e. The molecule has 0 unspecified atom stereocenters. The number of aliphatic hydroxyl groups is 1. The van der Waals surface area contributed by atoms with Crippen LogP contribution in [0.2, 0.25) is 0 Å². The van der Waals surface area contributed by atoms with Crippen LogP contribution < -0.4 is 9.80 Å². The summed E-state index contributed by atoms with van der Waals surface area (Å²) in [4.78, 5) is 18.5. The fourth-order valence-corrected chi connectivity index (χ4v) is 4.21. The molecule has 1 fully saturated rings. The van der Waals surface area contributed by atoms with Crippen LogP contribution in [0, 0.1) is 0 Å². The van der Waals surface area contributed by atoms with Crippen molar-refractivity contribution >= 4 is 11.9 Å². The predicted molar refractivity (Wildman–Crippen MR) is 117 cm³/mol. The van der Waals surface area contributed by atoms with Gasteiger partial charge in [0.05, 0.1) is 25.9 Å². The Bertz CT molecular complexity index is 1050. The summed E-state index contributed by atoms with van der Waals surface area (Å²) >= 11 is 0. The van der Waals surface area contributed by atoms with Crippen LogP contribution in [0.5, 0.6) is 5.75 Å². The highest BCUT2D eigenvalue weighted by atomic mass is 16.5. The number of hydrogen-bond acceptors (Lipinski definition) is 8. The Kier molecular flexibility index (Phi) is 5.40. The van der Waals surface area contributed by atoms with Crippen LogP contribution >= 0.6 is 0 Å². The van der Waals surface area contributed by atoms with Gasteiger partial charge in [0, 0.05) is 25.2 Å². The molecule has 0 saturated carbocycles. The van der Waals surface area contributed by atoms with Gasteiger partial charge < -0.3 is 24.7 Å². The second kappa shape index (κ2) is 8.49. The van der Waals surface area contributed by atoms with Gasteiger partial charge in [-0.25, -0.2) is 0 Å². The van der Waals surface area contributed by atoms with Gasteiger partial charge >= 0.3 is 0 Å². The maximum atomic E-state index is 10.2. The van der Waals surface area contributed by atoms with E-state index in [9.17, 15) is 10.2 Å². The number of nitrogens with zero attached hydrogens (tertiary/aromatic N) is 5. The summed E-state index contributed by atoms with van der Waals surface area (Å²) in [7, 11) is 0. The molecule has 0 spiro atoms. The number of fused-ring (bicyclic) bond motifs is 1. The normalized spacial score (nSPS) is 18.7. The molecule has 0 aliphatic carbocycles. The van der Waals surface area contributed by atoms with Crippen molar-refractivity contribution in [2.75, 3.05) is 49.3 Å². The average Bonchev–Trinajstić information content (AvgIpc) is 2.84. The van der Waals surface area contributed by atoms with E-state index in [1.54, 1.807) is 24.3 Å². The first-order chi connectivity index (χ1) is 15.2. The van der Waals surface area contributed by atoms with Crippen molar-refractivity contribution < 1.29 is 14.9 Å². The van der Waals surface area contributed by atoms with Crippen LogP contribution in [-0.4, -0.2) is 64.6 Å². The molecule has 2 N–H and O–H groups in total. The van der Waals surface area contributed by atoms with Gasteiger partial charge in [0.1, 0.15) is 5.75 Å². The van der Waals surface area contributed by atoms with E-state index < -0.39 is 0 Å². The minimum absolute atomic E-state index is 0.0237. The first kappa shape index (κ1) is 19.7. The zero-order chi connectivity index (χ0) is 21.2. The number of ether oxygens (including phenoxy) is 1. The molecule has 31 heavy (non-hydrogen) atoms. The number of aliphatic hydroxyl groups excluding tert-OH is 1. The Hall–Kier alpha value is -3.23. The Balaban J connectivity index is 1.58. The zero-order valence-electron chi connectivity index (χ0n) is 17.2. The molecule has 5 rings (SSSR count). The molecule has 8 heteroatoms. The molecule has 1 atom stereocenters. The zero-order valence-corrected chi connectivity index (χ0v) is 17.2. The number of aromatic nitrogens is 3. The second-order valence-electron chi connectivity index (χ2n) is 7.75. The number of aromatic hydroxyl groups is 1. The molecule has 0 amide bonds. The Morgan fingerprint density at radius 3 is 2.42 bits per heavy atom. The molecule has 8 nitrogen and oxygen atoms in total. The predicted octanol–water partition coefficient (Wildman–Crippen LogP) is 2.18. The third-order valence-electron chi connectivity index (χ3n) is 5.87. The largest absolute Gasteiger partial charge is 0.508 e. The number of rotatable bonds is 4. The Morgan fingerprint density at radius 2 is 1.65 bits per heavy atom. The average molecular weight is 419 g/mol. The molecule has 1 saturated heterocycles. The molecule has 0 radical (unpaired) electrons. The van der Waals surface area contributed by atoms with E-state index in [2.05, 4.69) is 21.9 Å². The maximum Gasteiger partial charge on any atom is 0.231 e. The number of phenols is 1. The molecule has 2 aliphatic heterocycles. The quantitative estimate of drug-likeness (QED) is 0.665. The fraction of sp³-hybridized carbons (Fsp3) is 0.348. The van der Waals surface area contributed by atoms with Crippen molar-refractivity contribution in [2.24, 2.45) is 0 Å². The van der Waals surface area contributed by atoms with Crippen molar-refractivity contribution in [3.8, 4) is 17.1 Å². The lowest BCUT2D eigenvalue weighted by Crippen LogP contribution is -2.40. The molecule has 2 aromatic carbocycles. The Morgan fingerprint density at radius 1 is 0.903 bits per heavy atom. The number of anilines is 2. The summed E-state index contributed by atoms with van der Waals surface area (Å²) in [6, 6.07) is 14.8. The maximum absolute atomic E-state index is 10.2. The highest BCUT2D eigenvalue weighted by Gasteiger charge is 2.30. The van der Waals surface area contributed by atoms with E-state index in [0.717, 1.165) is 17.5 Å². The summed E-state index contributed by atoms with van der Waals surface area (Å²) in [6.07, 6.45) is 0.861. The summed E-state index contributed by atoms with van der Waals surface area (Å²) in [5, 5.41) is 19.9. The van der Waals surface area contributed by atoms with Gasteiger partial charge in [-0.15, -0.1) is 0 Å². The molecular weight excluding hydrogens is 394 g/mol. The van der Waals surface area contributed by atoms with Gasteiger partial charge in [0.2, 0.25) is 11.9 Å². The van der Waals surface area contributed by atoms with E-state index in [1.165, 1.54) is 5.56 Å². The third-order valence-corrected chi connectivity index (χ3v) is 5.87. The number of phenolic OH excluding ortho intramolecular Hbond substituents is 1. The minimum atomic E-state index is -0.211. The standard InChI is InChI=1S/C23H25N5O3/c29-15-20-19-4-2-1-3-16(19)9-10-28(20)23-25-21(17-5-7-18(30)8-6-17)24-22(26-23)27-11-13-31-14-12-27/h1-8,20,29-30H,9-15H2/t20-/m1/s1. The number of hydrogen-bond donors (Lipinski definition) is 2. The molecule has 3 heterocycles. The molecule has 160 valence electrons. The van der Waals surface area contributed by atoms with Crippen molar-refractivity contribution in [3.05, 3.63) is 59.7 Å². The summed E-state index contributed by atoms with van der Waals surface area (Å²) in [6.45, 7) is 3.38. The molecule has 1 aromatic heterocycles. The molecule has 3 aromatic rings. The SMILES string of the molecule is OC[C@@H]1c2ccccc2CCN1c1nc(-c2ccc(O)cc2)nc(N2CCOCC2)n1. The first-order valence-corrected chi connectivity index (χ1v) is 10.6. The molecule has 2 aliphatic rings. The van der Waals surface area contributed by atoms with E-state index in [-0.39, 0.29) is 18.4 Å². The van der Waals surface area contributed by atoms with Crippen LogP contribution in [0.1, 0.15) is 17.2 Å². The topological polar surface area (TPSA) is 94.8 Å². The number of morpholine rings is 1. The van der Waals surface area contributed by atoms with Gasteiger partial charge in [0.25, 0.3) is 0 Å². The number of benzene rings is 2. The van der Waals surface area contributed by atoms with Gasteiger partial charge in [-0.05, 0) is 41.8 Å². The Labute approximate surface area is 180 Å². The van der Waals surface area contributed by atoms with Crippen molar-refractivity contribution in [1.82, 2.24) is 15.0 Å². The van der Waals surface area contributed by atoms with Gasteiger partial charge in [-0.2, -0.15) is 15.0 Å². The smallest absolute Gasteiger partial charge is 0.231 e. The summed E-state index contributed by atoms with van der Waals surface area (Å²) in [5.74, 6) is 1.89. The molecule has 0 bridgehead atoms. The van der Waals surface area contributed by atoms with Crippen LogP contribution in [0.4, 0.5) is 11.9 Å². The van der Waals surface area contributed by atoms with E-state index in [0.29, 0.717) is 50.6 Å². The highest BCUT2D eigenvalue weighted by molar-refractivity contribution is 5.60. The van der Waals surface area contributed by atoms with Crippen molar-refractivity contribution in [3.63, 3.8) is 0 Å². The van der Waals surface area contributed by atoms with Crippen LogP contribution in [0.15, 0.2) is 48.5 Å². The third kappa shape index (κ3) is 3.92. The van der Waals surface area contributed by atoms with Gasteiger partial charge in [-0.1, -0.05) is 24.3 Å². The lowest BCUT2D eigenvalue weighted by Gasteiger charge is -2.37. The first-order valence-electron chi connectivity index (χ1n) is 10.6. The summed E-state index contributed by atoms with van der Waals surface area (Å²) < 4.78 is 5.49. The lowest BCUT2D eigenvalue weighted by molar-refractivity contribution is 0.122. The molecular formula is C23H25N5O3. The van der Waals surface area contributed by atoms with Crippen molar-refractivity contribution in [1.29, 1.82) is 0 Å². The van der Waals surface area contributed by atoms with Gasteiger partial charge in [0.15, 0.2) is 5.82 Å². The fourth-order valence-electron chi connectivity index (χ4n) is 4.21. The van der Waals surface area contributed by atoms with E-state index >= 15 is 0 Å². The van der Waals surface area contributed by atoms with E-state index in [1.807, 2.05) is 12.1 Å². The van der Waals surface area contributed by atoms with Gasteiger partial charge in [-0.3, -0.25) is 0 Å². The second-order valence-corrected chi connectivity index (χ2v) is 7.75. The van der Waals surface area contributed by atoms with Crippen LogP contribution in [0.3, 0.4) is 0 Å². The lowest BCUT2D eigenvalue weighted by atomic mass is 9.93. The van der Waals surface area contributed by atoms with E-state index in [4.69, 9.17) is 19.7 Å². The van der Waals surface area contributed by atoms with Crippen molar-refractivity contribution in [2.45, 2.75) is 12.5 Å². The summed E-state index contributed by atoms with van der Waals surface area (Å²) in [5.41, 5.74) is 3.16.